The van der Waals surface area contributed by atoms with Crippen LogP contribution in [0, 0.1) is 0 Å². The lowest BCUT2D eigenvalue weighted by Gasteiger charge is -2.22. The number of aromatic nitrogens is 2. The molecule has 0 saturated heterocycles. The number of rotatable bonds is 3. The van der Waals surface area contributed by atoms with Gasteiger partial charge in [-0.05, 0) is 31.4 Å². The quantitative estimate of drug-likeness (QED) is 0.935. The molecular weight excluding hydrogens is 309 g/mol. The summed E-state index contributed by atoms with van der Waals surface area (Å²) in [6.45, 7) is 0. The summed E-state index contributed by atoms with van der Waals surface area (Å²) >= 11 is 12.1. The van der Waals surface area contributed by atoms with Crippen molar-refractivity contribution >= 4 is 29.1 Å². The average molecular weight is 324 g/mol. The molecule has 1 heterocycles. The zero-order valence-electron chi connectivity index (χ0n) is 11.3. The lowest BCUT2D eigenvalue weighted by atomic mass is 10.1. The van der Waals surface area contributed by atoms with Gasteiger partial charge in [0.1, 0.15) is 0 Å². The molecular formula is C15H15Cl2N3O. The Labute approximate surface area is 133 Å². The summed E-state index contributed by atoms with van der Waals surface area (Å²) in [4.78, 5) is 16.5. The first-order chi connectivity index (χ1) is 10.2. The normalized spacial score (nSPS) is 21.4. The zero-order chi connectivity index (χ0) is 14.8. The molecule has 3 rings (SSSR count). The van der Waals surface area contributed by atoms with Crippen molar-refractivity contribution < 1.29 is 4.79 Å². The predicted molar refractivity (Wildman–Crippen MR) is 82.8 cm³/mol. The standard InChI is InChI=1S/C15H15Cl2N3O/c16-11-4-1-3-10(14(11)17)15(21)19-12-5-2-6-13(12)20-8-7-18-9-20/h1,3-4,7-9,12-13H,2,5-6H2,(H,19,21). The van der Waals surface area contributed by atoms with Gasteiger partial charge < -0.3 is 9.88 Å². The van der Waals surface area contributed by atoms with Crippen molar-refractivity contribution in [2.45, 2.75) is 31.3 Å². The molecule has 4 nitrogen and oxygen atoms in total. The molecule has 1 N–H and O–H groups in total. The van der Waals surface area contributed by atoms with Crippen molar-refractivity contribution in [2.24, 2.45) is 0 Å². The van der Waals surface area contributed by atoms with Gasteiger partial charge in [-0.2, -0.15) is 0 Å². The Bertz CT molecular complexity index is 642. The Morgan fingerprint density at radius 3 is 2.95 bits per heavy atom. The molecule has 2 aromatic rings. The summed E-state index contributed by atoms with van der Waals surface area (Å²) in [5, 5.41) is 3.76. The topological polar surface area (TPSA) is 46.9 Å². The number of halogens is 2. The first-order valence-corrected chi connectivity index (χ1v) is 7.64. The minimum Gasteiger partial charge on any atom is -0.347 e. The molecule has 0 spiro atoms. The fourth-order valence-corrected chi connectivity index (χ4v) is 3.24. The van der Waals surface area contributed by atoms with Crippen molar-refractivity contribution in [3.05, 3.63) is 52.5 Å². The summed E-state index contributed by atoms with van der Waals surface area (Å²) in [6, 6.07) is 5.41. The van der Waals surface area contributed by atoms with Crippen molar-refractivity contribution in [1.82, 2.24) is 14.9 Å². The molecule has 0 bridgehead atoms. The van der Waals surface area contributed by atoms with E-state index in [1.807, 2.05) is 6.20 Å². The Morgan fingerprint density at radius 1 is 1.33 bits per heavy atom. The Balaban J connectivity index is 1.76. The third-order valence-corrected chi connectivity index (χ3v) is 4.72. The van der Waals surface area contributed by atoms with Gasteiger partial charge in [-0.25, -0.2) is 4.98 Å². The molecule has 1 saturated carbocycles. The van der Waals surface area contributed by atoms with Gasteiger partial charge in [0.2, 0.25) is 0 Å². The maximum absolute atomic E-state index is 12.4. The number of nitrogens with zero attached hydrogens (tertiary/aromatic N) is 2. The fourth-order valence-electron chi connectivity index (χ4n) is 2.86. The van der Waals surface area contributed by atoms with E-state index in [0.29, 0.717) is 15.6 Å². The third kappa shape index (κ3) is 2.92. The van der Waals surface area contributed by atoms with Crippen LogP contribution in [-0.4, -0.2) is 21.5 Å². The van der Waals surface area contributed by atoms with Crippen LogP contribution in [0.15, 0.2) is 36.9 Å². The molecule has 0 radical (unpaired) electrons. The lowest BCUT2D eigenvalue weighted by Crippen LogP contribution is -2.38. The zero-order valence-corrected chi connectivity index (χ0v) is 12.8. The number of nitrogens with one attached hydrogen (secondary N) is 1. The first kappa shape index (κ1) is 14.4. The largest absolute Gasteiger partial charge is 0.347 e. The van der Waals surface area contributed by atoms with Crippen LogP contribution < -0.4 is 5.32 Å². The van der Waals surface area contributed by atoms with Crippen molar-refractivity contribution in [3.63, 3.8) is 0 Å². The molecule has 21 heavy (non-hydrogen) atoms. The van der Waals surface area contributed by atoms with Gasteiger partial charge in [-0.15, -0.1) is 0 Å². The van der Waals surface area contributed by atoms with E-state index in [9.17, 15) is 4.79 Å². The second kappa shape index (κ2) is 6.08. The fraction of sp³-hybridized carbons (Fsp3) is 0.333. The predicted octanol–water partition coefficient (Wildman–Crippen LogP) is 3.71. The van der Waals surface area contributed by atoms with Crippen molar-refractivity contribution in [2.75, 3.05) is 0 Å². The van der Waals surface area contributed by atoms with E-state index >= 15 is 0 Å². The monoisotopic (exact) mass is 323 g/mol. The van der Waals surface area contributed by atoms with Crippen LogP contribution in [0.25, 0.3) is 0 Å². The van der Waals surface area contributed by atoms with Crippen LogP contribution in [0.1, 0.15) is 35.7 Å². The van der Waals surface area contributed by atoms with E-state index in [4.69, 9.17) is 23.2 Å². The number of amides is 1. The third-order valence-electron chi connectivity index (χ3n) is 3.90. The van der Waals surface area contributed by atoms with E-state index in [-0.39, 0.29) is 18.0 Å². The van der Waals surface area contributed by atoms with E-state index < -0.39 is 0 Å². The molecule has 1 aromatic heterocycles. The molecule has 1 aliphatic rings. The highest BCUT2D eigenvalue weighted by Gasteiger charge is 2.30. The van der Waals surface area contributed by atoms with Crippen LogP contribution in [0.2, 0.25) is 10.0 Å². The molecule has 110 valence electrons. The van der Waals surface area contributed by atoms with Gasteiger partial charge in [-0.3, -0.25) is 4.79 Å². The maximum atomic E-state index is 12.4. The molecule has 1 amide bonds. The van der Waals surface area contributed by atoms with E-state index in [0.717, 1.165) is 19.3 Å². The van der Waals surface area contributed by atoms with Crippen LogP contribution in [-0.2, 0) is 0 Å². The molecule has 1 aromatic carbocycles. The van der Waals surface area contributed by atoms with Crippen molar-refractivity contribution in [3.8, 4) is 0 Å². The smallest absolute Gasteiger partial charge is 0.253 e. The molecule has 1 aliphatic carbocycles. The van der Waals surface area contributed by atoms with E-state index in [1.54, 1.807) is 30.7 Å². The molecule has 1 fully saturated rings. The van der Waals surface area contributed by atoms with Crippen LogP contribution >= 0.6 is 23.2 Å². The molecule has 6 heteroatoms. The maximum Gasteiger partial charge on any atom is 0.253 e. The van der Waals surface area contributed by atoms with Crippen molar-refractivity contribution in [1.29, 1.82) is 0 Å². The number of benzene rings is 1. The van der Waals surface area contributed by atoms with E-state index in [2.05, 4.69) is 14.9 Å². The second-order valence-corrected chi connectivity index (χ2v) is 5.97. The van der Waals surface area contributed by atoms with Crippen LogP contribution in [0.3, 0.4) is 0 Å². The molecule has 2 unspecified atom stereocenters. The second-order valence-electron chi connectivity index (χ2n) is 5.19. The van der Waals surface area contributed by atoms with Crippen LogP contribution in [0.4, 0.5) is 0 Å². The van der Waals surface area contributed by atoms with Gasteiger partial charge >= 0.3 is 0 Å². The van der Waals surface area contributed by atoms with E-state index in [1.165, 1.54) is 0 Å². The molecule has 0 aliphatic heterocycles. The highest BCUT2D eigenvalue weighted by atomic mass is 35.5. The SMILES string of the molecule is O=C(NC1CCCC1n1ccnc1)c1cccc(Cl)c1Cl. The van der Waals surface area contributed by atoms with Gasteiger partial charge in [0.15, 0.2) is 0 Å². The molecule has 2 atom stereocenters. The Morgan fingerprint density at radius 2 is 2.19 bits per heavy atom. The summed E-state index contributed by atoms with van der Waals surface area (Å²) in [6.07, 6.45) is 8.54. The number of hydrogen-bond donors (Lipinski definition) is 1. The van der Waals surface area contributed by atoms with Gasteiger partial charge in [0.25, 0.3) is 5.91 Å². The number of hydrogen-bond acceptors (Lipinski definition) is 2. The van der Waals surface area contributed by atoms with Gasteiger partial charge in [0, 0.05) is 18.4 Å². The highest BCUT2D eigenvalue weighted by Crippen LogP contribution is 2.31. The summed E-state index contributed by atoms with van der Waals surface area (Å²) in [5.74, 6) is -0.181. The Hall–Kier alpha value is -1.52. The summed E-state index contributed by atoms with van der Waals surface area (Å²) in [5.41, 5.74) is 0.417. The highest BCUT2D eigenvalue weighted by molar-refractivity contribution is 6.43. The number of carbonyl (C=O) groups is 1. The average Bonchev–Trinajstić information content (AvgIpc) is 3.12. The van der Waals surface area contributed by atoms with Crippen LogP contribution in [0.5, 0.6) is 0 Å². The van der Waals surface area contributed by atoms with Gasteiger partial charge in [0.05, 0.1) is 28.0 Å². The van der Waals surface area contributed by atoms with Gasteiger partial charge in [-0.1, -0.05) is 29.3 Å². The minimum absolute atomic E-state index is 0.0850. The summed E-state index contributed by atoms with van der Waals surface area (Å²) in [7, 11) is 0. The Kier molecular flexibility index (Phi) is 4.17. The number of carbonyl (C=O) groups excluding carboxylic acids is 1. The first-order valence-electron chi connectivity index (χ1n) is 6.89. The number of imidazole rings is 1. The summed E-state index contributed by atoms with van der Waals surface area (Å²) < 4.78 is 2.05. The minimum atomic E-state index is -0.181. The lowest BCUT2D eigenvalue weighted by molar-refractivity contribution is 0.0929.